The number of rotatable bonds is 2. The molecule has 32 heavy (non-hydrogen) atoms. The molecule has 0 radical (unpaired) electrons. The largest absolute Gasteiger partial charge is 0.444 e. The van der Waals surface area contributed by atoms with Crippen LogP contribution < -0.4 is 4.90 Å². The first-order valence-electron chi connectivity index (χ1n) is 10.5. The van der Waals surface area contributed by atoms with Gasteiger partial charge in [-0.3, -0.25) is 4.79 Å². The second-order valence-electron chi connectivity index (χ2n) is 9.73. The number of Topliss-reactive ketones (excluding diaryl/α,β-unsaturated/α-hetero) is 1. The summed E-state index contributed by atoms with van der Waals surface area (Å²) in [4.78, 5) is 32.1. The second-order valence-corrected chi connectivity index (χ2v) is 10.6. The molecule has 0 bridgehead atoms. The van der Waals surface area contributed by atoms with E-state index in [9.17, 15) is 22.8 Å². The average molecular weight is 470 g/mol. The first kappa shape index (κ1) is 22.8. The van der Waals surface area contributed by atoms with Gasteiger partial charge in [-0.05, 0) is 46.6 Å². The van der Waals surface area contributed by atoms with Gasteiger partial charge in [-0.25, -0.2) is 9.78 Å². The van der Waals surface area contributed by atoms with Gasteiger partial charge in [0, 0.05) is 37.0 Å². The van der Waals surface area contributed by atoms with Gasteiger partial charge in [-0.15, -0.1) is 11.3 Å². The van der Waals surface area contributed by atoms with E-state index in [1.165, 1.54) is 12.3 Å². The van der Waals surface area contributed by atoms with E-state index in [2.05, 4.69) is 4.98 Å². The van der Waals surface area contributed by atoms with Crippen LogP contribution in [0.4, 0.5) is 23.8 Å². The van der Waals surface area contributed by atoms with Crippen LogP contribution in [0.2, 0.25) is 0 Å². The maximum atomic E-state index is 13.7. The number of ether oxygens (including phenoxy) is 1. The minimum absolute atomic E-state index is 0.00748. The van der Waals surface area contributed by atoms with Crippen molar-refractivity contribution in [2.75, 3.05) is 31.1 Å². The van der Waals surface area contributed by atoms with Crippen molar-refractivity contribution in [3.63, 3.8) is 0 Å². The van der Waals surface area contributed by atoms with Gasteiger partial charge >= 0.3 is 12.3 Å². The summed E-state index contributed by atoms with van der Waals surface area (Å²) in [7, 11) is 0. The molecule has 0 unspecified atom stereocenters. The van der Waals surface area contributed by atoms with Crippen molar-refractivity contribution in [2.24, 2.45) is 5.41 Å². The third-order valence-corrected chi connectivity index (χ3v) is 7.05. The van der Waals surface area contributed by atoms with Gasteiger partial charge in [0.1, 0.15) is 11.4 Å². The van der Waals surface area contributed by atoms with Crippen molar-refractivity contribution in [3.8, 4) is 0 Å². The Bertz CT molecular complexity index is 1060. The molecule has 174 valence electrons. The number of anilines is 1. The van der Waals surface area contributed by atoms with Gasteiger partial charge in [-0.1, -0.05) is 0 Å². The van der Waals surface area contributed by atoms with E-state index < -0.39 is 17.3 Å². The van der Waals surface area contributed by atoms with Crippen LogP contribution in [0, 0.1) is 5.41 Å². The SMILES string of the molecule is CC(=O)c1csc2c(C(F)(F)F)cc(N3CCC4(CC3)CN(C(=O)OC(C)(C)C)C4)nc12. The van der Waals surface area contributed by atoms with Crippen molar-refractivity contribution in [1.82, 2.24) is 9.88 Å². The van der Waals surface area contributed by atoms with E-state index in [0.29, 0.717) is 26.2 Å². The van der Waals surface area contributed by atoms with E-state index >= 15 is 0 Å². The second kappa shape index (κ2) is 7.60. The van der Waals surface area contributed by atoms with Crippen LogP contribution in [0.15, 0.2) is 11.4 Å². The number of hydrogen-bond donors (Lipinski definition) is 0. The molecule has 0 aromatic carbocycles. The Hall–Kier alpha value is -2.36. The molecular formula is C22H26F3N3O3S. The van der Waals surface area contributed by atoms with Gasteiger partial charge in [-0.2, -0.15) is 13.2 Å². The predicted octanol–water partition coefficient (Wildman–Crippen LogP) is 5.36. The summed E-state index contributed by atoms with van der Waals surface area (Å²) in [5, 5.41) is 1.45. The Morgan fingerprint density at radius 1 is 1.16 bits per heavy atom. The molecule has 1 spiro atoms. The van der Waals surface area contributed by atoms with Crippen LogP contribution in [-0.2, 0) is 10.9 Å². The van der Waals surface area contributed by atoms with Gasteiger partial charge in [0.05, 0.1) is 21.3 Å². The highest BCUT2D eigenvalue weighted by molar-refractivity contribution is 7.17. The number of carbonyl (C=O) groups excluding carboxylic acids is 2. The average Bonchev–Trinajstić information content (AvgIpc) is 3.07. The normalized spacial score (nSPS) is 18.7. The predicted molar refractivity (Wildman–Crippen MR) is 116 cm³/mol. The number of carbonyl (C=O) groups is 2. The third kappa shape index (κ3) is 4.29. The lowest BCUT2D eigenvalue weighted by Crippen LogP contribution is -2.62. The van der Waals surface area contributed by atoms with Crippen LogP contribution in [0.5, 0.6) is 0 Å². The Balaban J connectivity index is 1.51. The maximum absolute atomic E-state index is 13.7. The number of fused-ring (bicyclic) bond motifs is 1. The van der Waals surface area contributed by atoms with E-state index in [1.54, 1.807) is 4.90 Å². The summed E-state index contributed by atoms with van der Waals surface area (Å²) in [5.74, 6) is -0.0628. The van der Waals surface area contributed by atoms with E-state index in [4.69, 9.17) is 4.74 Å². The van der Waals surface area contributed by atoms with Crippen LogP contribution in [0.3, 0.4) is 0 Å². The number of amides is 1. The molecule has 0 atom stereocenters. The minimum atomic E-state index is -4.53. The van der Waals surface area contributed by atoms with Crippen LogP contribution in [0.25, 0.3) is 10.2 Å². The molecule has 1 amide bonds. The molecule has 2 fully saturated rings. The highest BCUT2D eigenvalue weighted by atomic mass is 32.1. The number of nitrogens with zero attached hydrogens (tertiary/aromatic N) is 3. The summed E-state index contributed by atoms with van der Waals surface area (Å²) in [5.41, 5.74) is -0.998. The monoisotopic (exact) mass is 469 g/mol. The number of piperidine rings is 1. The van der Waals surface area contributed by atoms with Crippen LogP contribution >= 0.6 is 11.3 Å². The number of likely N-dealkylation sites (tertiary alicyclic amines) is 1. The molecule has 4 heterocycles. The fourth-order valence-corrected chi connectivity index (χ4v) is 5.45. The molecule has 10 heteroatoms. The van der Waals surface area contributed by atoms with E-state index in [0.717, 1.165) is 30.2 Å². The minimum Gasteiger partial charge on any atom is -0.444 e. The molecule has 2 aliphatic heterocycles. The lowest BCUT2D eigenvalue weighted by atomic mass is 9.72. The lowest BCUT2D eigenvalue weighted by Gasteiger charge is -2.53. The molecular weight excluding hydrogens is 443 g/mol. The topological polar surface area (TPSA) is 62.7 Å². The summed E-state index contributed by atoms with van der Waals surface area (Å²) >= 11 is 0.899. The lowest BCUT2D eigenvalue weighted by molar-refractivity contribution is -0.136. The van der Waals surface area contributed by atoms with Crippen LogP contribution in [-0.4, -0.2) is 53.5 Å². The number of alkyl halides is 3. The molecule has 0 N–H and O–H groups in total. The Morgan fingerprint density at radius 2 is 1.78 bits per heavy atom. The van der Waals surface area contributed by atoms with E-state index in [1.807, 2.05) is 25.7 Å². The number of ketones is 1. The molecule has 2 aromatic heterocycles. The zero-order valence-corrected chi connectivity index (χ0v) is 19.3. The molecule has 0 aliphatic carbocycles. The van der Waals surface area contributed by atoms with Crippen molar-refractivity contribution < 1.29 is 27.5 Å². The Kier molecular flexibility index (Phi) is 5.42. The highest BCUT2D eigenvalue weighted by Gasteiger charge is 2.48. The van der Waals surface area contributed by atoms with Crippen molar-refractivity contribution in [1.29, 1.82) is 0 Å². The zero-order chi connectivity index (χ0) is 23.5. The molecule has 6 nitrogen and oxygen atoms in total. The number of hydrogen-bond acceptors (Lipinski definition) is 6. The third-order valence-electron chi connectivity index (χ3n) is 6.05. The standard InChI is InChI=1S/C22H26F3N3O3S/c1-13(29)14-10-32-18-15(22(23,24)25)9-16(26-17(14)18)27-7-5-21(6-8-27)11-28(12-21)19(30)31-20(2,3)4/h9-10H,5-8,11-12H2,1-4H3. The summed E-state index contributed by atoms with van der Waals surface area (Å²) in [6.07, 6.45) is -3.37. The number of aromatic nitrogens is 1. The number of thiophene rings is 1. The molecule has 4 rings (SSSR count). The maximum Gasteiger partial charge on any atom is 0.417 e. The molecule has 2 aromatic rings. The molecule has 0 saturated carbocycles. The fourth-order valence-electron chi connectivity index (χ4n) is 4.36. The first-order valence-corrected chi connectivity index (χ1v) is 11.4. The number of halogens is 3. The van der Waals surface area contributed by atoms with Crippen molar-refractivity contribution >= 4 is 39.2 Å². The summed E-state index contributed by atoms with van der Waals surface area (Å²) < 4.78 is 46.6. The van der Waals surface area contributed by atoms with Crippen LogP contribution in [0.1, 0.15) is 56.5 Å². The summed E-state index contributed by atoms with van der Waals surface area (Å²) in [6.45, 7) is 9.06. The smallest absolute Gasteiger partial charge is 0.417 e. The Morgan fingerprint density at radius 3 is 2.31 bits per heavy atom. The van der Waals surface area contributed by atoms with Crippen molar-refractivity contribution in [3.05, 3.63) is 22.6 Å². The van der Waals surface area contributed by atoms with Crippen molar-refractivity contribution in [2.45, 2.75) is 52.3 Å². The van der Waals surface area contributed by atoms with E-state index in [-0.39, 0.29) is 38.9 Å². The fraction of sp³-hybridized carbons (Fsp3) is 0.591. The van der Waals surface area contributed by atoms with Gasteiger partial charge in [0.25, 0.3) is 0 Å². The Labute approximate surface area is 188 Å². The molecule has 2 saturated heterocycles. The van der Waals surface area contributed by atoms with Gasteiger partial charge in [0.15, 0.2) is 5.78 Å². The quantitative estimate of drug-likeness (QED) is 0.555. The van der Waals surface area contributed by atoms with Gasteiger partial charge < -0.3 is 14.5 Å². The zero-order valence-electron chi connectivity index (χ0n) is 18.5. The molecule has 2 aliphatic rings. The highest BCUT2D eigenvalue weighted by Crippen LogP contribution is 2.44. The first-order chi connectivity index (χ1) is 14.8. The summed E-state index contributed by atoms with van der Waals surface area (Å²) in [6, 6.07) is 1.09. The number of pyridine rings is 1. The van der Waals surface area contributed by atoms with Gasteiger partial charge in [0.2, 0.25) is 0 Å².